The number of aromatic nitrogens is 4. The largest absolute Gasteiger partial charge is 0.378 e. The fourth-order valence-corrected chi connectivity index (χ4v) is 2.33. The Morgan fingerprint density at radius 3 is 2.38 bits per heavy atom. The van der Waals surface area contributed by atoms with Crippen LogP contribution in [0.25, 0.3) is 0 Å². The summed E-state index contributed by atoms with van der Waals surface area (Å²) in [6.07, 6.45) is 6.14. The Hall–Kier alpha value is -1.78. The van der Waals surface area contributed by atoms with Crippen molar-refractivity contribution in [3.8, 4) is 0 Å². The van der Waals surface area contributed by atoms with Crippen molar-refractivity contribution in [3.63, 3.8) is 0 Å². The summed E-state index contributed by atoms with van der Waals surface area (Å²) in [5, 5.41) is 12.4. The second-order valence-corrected chi connectivity index (χ2v) is 6.56. The van der Waals surface area contributed by atoms with Gasteiger partial charge in [-0.2, -0.15) is 10.2 Å². The molecule has 0 spiro atoms. The van der Waals surface area contributed by atoms with Crippen LogP contribution in [0, 0.1) is 18.8 Å². The van der Waals surface area contributed by atoms with Crippen LogP contribution in [0.5, 0.6) is 0 Å². The van der Waals surface area contributed by atoms with E-state index in [0.717, 1.165) is 31.0 Å². The maximum absolute atomic E-state index is 4.54. The van der Waals surface area contributed by atoms with Gasteiger partial charge in [0.1, 0.15) is 0 Å². The molecular weight excluding hydrogens is 262 g/mol. The number of nitrogens with one attached hydrogen (secondary N) is 1. The van der Waals surface area contributed by atoms with Gasteiger partial charge in [0, 0.05) is 37.6 Å². The zero-order chi connectivity index (χ0) is 15.4. The zero-order valence-electron chi connectivity index (χ0n) is 13.8. The third kappa shape index (κ3) is 4.62. The molecule has 0 atom stereocenters. The van der Waals surface area contributed by atoms with E-state index in [1.165, 1.54) is 5.56 Å². The first-order valence-electron chi connectivity index (χ1n) is 7.73. The predicted octanol–water partition coefficient (Wildman–Crippen LogP) is 3.31. The standard InChI is InChI=1S/C16H27N5/c1-12(2)8-20-10-15(7-18-20)6-17-16-11-21(9-13(3)4)19-14(16)5/h7,10-13,17H,6,8-9H2,1-5H3. The van der Waals surface area contributed by atoms with Crippen LogP contribution < -0.4 is 5.32 Å². The van der Waals surface area contributed by atoms with Crippen molar-refractivity contribution in [1.29, 1.82) is 0 Å². The molecule has 0 unspecified atom stereocenters. The van der Waals surface area contributed by atoms with Crippen molar-refractivity contribution in [2.75, 3.05) is 5.32 Å². The average Bonchev–Trinajstić information content (AvgIpc) is 2.92. The smallest absolute Gasteiger partial charge is 0.0825 e. The Morgan fingerprint density at radius 1 is 1.05 bits per heavy atom. The minimum absolute atomic E-state index is 0.603. The number of hydrogen-bond acceptors (Lipinski definition) is 3. The number of aryl methyl sites for hydroxylation is 1. The van der Waals surface area contributed by atoms with Gasteiger partial charge in [0.05, 0.1) is 17.6 Å². The number of rotatable bonds is 7. The molecule has 0 radical (unpaired) electrons. The van der Waals surface area contributed by atoms with Gasteiger partial charge in [-0.3, -0.25) is 9.36 Å². The maximum Gasteiger partial charge on any atom is 0.0825 e. The molecule has 2 aromatic heterocycles. The van der Waals surface area contributed by atoms with Crippen LogP contribution in [0.15, 0.2) is 18.6 Å². The van der Waals surface area contributed by atoms with Crippen molar-refractivity contribution in [3.05, 3.63) is 29.8 Å². The molecule has 2 heterocycles. The average molecular weight is 289 g/mol. The summed E-state index contributed by atoms with van der Waals surface area (Å²) in [6.45, 7) is 13.5. The van der Waals surface area contributed by atoms with Gasteiger partial charge in [0.15, 0.2) is 0 Å². The van der Waals surface area contributed by atoms with E-state index in [0.29, 0.717) is 11.8 Å². The highest BCUT2D eigenvalue weighted by molar-refractivity contribution is 5.45. The molecule has 1 N–H and O–H groups in total. The van der Waals surface area contributed by atoms with Crippen LogP contribution in [0.2, 0.25) is 0 Å². The lowest BCUT2D eigenvalue weighted by molar-refractivity contribution is 0.481. The summed E-state index contributed by atoms with van der Waals surface area (Å²) in [4.78, 5) is 0. The SMILES string of the molecule is Cc1nn(CC(C)C)cc1NCc1cnn(CC(C)C)c1. The van der Waals surface area contributed by atoms with Crippen molar-refractivity contribution in [1.82, 2.24) is 19.6 Å². The first-order chi connectivity index (χ1) is 9.94. The second-order valence-electron chi connectivity index (χ2n) is 6.56. The Morgan fingerprint density at radius 2 is 1.71 bits per heavy atom. The molecule has 116 valence electrons. The molecule has 0 amide bonds. The zero-order valence-corrected chi connectivity index (χ0v) is 13.8. The summed E-state index contributed by atoms with van der Waals surface area (Å²) in [5.41, 5.74) is 3.35. The Labute approximate surface area is 127 Å². The highest BCUT2D eigenvalue weighted by atomic mass is 15.3. The van der Waals surface area contributed by atoms with Crippen LogP contribution in [-0.2, 0) is 19.6 Å². The molecule has 0 aromatic carbocycles. The van der Waals surface area contributed by atoms with Crippen LogP contribution in [0.3, 0.4) is 0 Å². The molecule has 5 nitrogen and oxygen atoms in total. The van der Waals surface area contributed by atoms with Gasteiger partial charge in [-0.05, 0) is 18.8 Å². The lowest BCUT2D eigenvalue weighted by Crippen LogP contribution is -2.05. The quantitative estimate of drug-likeness (QED) is 0.850. The molecular formula is C16H27N5. The van der Waals surface area contributed by atoms with Crippen LogP contribution in [0.4, 0.5) is 5.69 Å². The summed E-state index contributed by atoms with van der Waals surface area (Å²) in [5.74, 6) is 1.22. The molecule has 0 bridgehead atoms. The molecule has 0 saturated heterocycles. The molecule has 0 saturated carbocycles. The lowest BCUT2D eigenvalue weighted by Gasteiger charge is -2.04. The van der Waals surface area contributed by atoms with Gasteiger partial charge >= 0.3 is 0 Å². The van der Waals surface area contributed by atoms with E-state index < -0.39 is 0 Å². The molecule has 0 aliphatic carbocycles. The first kappa shape index (κ1) is 15.6. The third-order valence-corrected chi connectivity index (χ3v) is 3.22. The fraction of sp³-hybridized carbons (Fsp3) is 0.625. The Kier molecular flexibility index (Phi) is 5.04. The number of hydrogen-bond donors (Lipinski definition) is 1. The van der Waals surface area contributed by atoms with E-state index in [1.54, 1.807) is 0 Å². The van der Waals surface area contributed by atoms with Crippen LogP contribution >= 0.6 is 0 Å². The molecule has 0 aliphatic rings. The normalized spacial score (nSPS) is 11.6. The summed E-state index contributed by atoms with van der Waals surface area (Å²) < 4.78 is 4.03. The molecule has 0 aliphatic heterocycles. The number of anilines is 1. The van der Waals surface area contributed by atoms with E-state index in [2.05, 4.69) is 55.6 Å². The van der Waals surface area contributed by atoms with Gasteiger partial charge in [-0.25, -0.2) is 0 Å². The van der Waals surface area contributed by atoms with Crippen molar-refractivity contribution >= 4 is 5.69 Å². The minimum atomic E-state index is 0.603. The van der Waals surface area contributed by atoms with E-state index >= 15 is 0 Å². The summed E-state index contributed by atoms with van der Waals surface area (Å²) in [7, 11) is 0. The van der Waals surface area contributed by atoms with Gasteiger partial charge < -0.3 is 5.32 Å². The highest BCUT2D eigenvalue weighted by Gasteiger charge is 2.07. The van der Waals surface area contributed by atoms with Gasteiger partial charge in [0.2, 0.25) is 0 Å². The molecule has 0 fully saturated rings. The number of nitrogens with zero attached hydrogens (tertiary/aromatic N) is 4. The van der Waals surface area contributed by atoms with Crippen molar-refractivity contribution in [2.45, 2.75) is 54.3 Å². The van der Waals surface area contributed by atoms with Gasteiger partial charge in [0.25, 0.3) is 0 Å². The monoisotopic (exact) mass is 289 g/mol. The van der Waals surface area contributed by atoms with Crippen molar-refractivity contribution in [2.24, 2.45) is 11.8 Å². The predicted molar refractivity (Wildman–Crippen MR) is 86.2 cm³/mol. The Bertz CT molecular complexity index is 565. The van der Waals surface area contributed by atoms with E-state index in [4.69, 9.17) is 0 Å². The highest BCUT2D eigenvalue weighted by Crippen LogP contribution is 2.15. The topological polar surface area (TPSA) is 47.7 Å². The van der Waals surface area contributed by atoms with Crippen molar-refractivity contribution < 1.29 is 0 Å². The third-order valence-electron chi connectivity index (χ3n) is 3.22. The first-order valence-corrected chi connectivity index (χ1v) is 7.73. The van der Waals surface area contributed by atoms with E-state index in [1.807, 2.05) is 22.5 Å². The lowest BCUT2D eigenvalue weighted by atomic mass is 10.2. The van der Waals surface area contributed by atoms with E-state index in [-0.39, 0.29) is 0 Å². The minimum Gasteiger partial charge on any atom is -0.378 e. The van der Waals surface area contributed by atoms with E-state index in [9.17, 15) is 0 Å². The maximum atomic E-state index is 4.54. The molecule has 5 heteroatoms. The van der Waals surface area contributed by atoms with Gasteiger partial charge in [-0.15, -0.1) is 0 Å². The molecule has 2 aromatic rings. The summed E-state index contributed by atoms with van der Waals surface area (Å²) in [6, 6.07) is 0. The van der Waals surface area contributed by atoms with Crippen LogP contribution in [-0.4, -0.2) is 19.6 Å². The van der Waals surface area contributed by atoms with Crippen LogP contribution in [0.1, 0.15) is 39.0 Å². The fourth-order valence-electron chi connectivity index (χ4n) is 2.33. The molecule has 2 rings (SSSR count). The summed E-state index contributed by atoms with van der Waals surface area (Å²) >= 11 is 0. The van der Waals surface area contributed by atoms with Gasteiger partial charge in [-0.1, -0.05) is 27.7 Å². The molecule has 21 heavy (non-hydrogen) atoms. The second kappa shape index (κ2) is 6.78. The Balaban J connectivity index is 1.93.